The van der Waals surface area contributed by atoms with E-state index in [1.54, 1.807) is 31.4 Å². The topological polar surface area (TPSA) is 26.3 Å². The summed E-state index contributed by atoms with van der Waals surface area (Å²) in [6, 6.07) is 6.94. The molecule has 0 unspecified atom stereocenters. The van der Waals surface area contributed by atoms with Gasteiger partial charge in [0.15, 0.2) is 0 Å². The monoisotopic (exact) mass is 134 g/mol. The Bertz CT molecular complexity index is 218. The van der Waals surface area contributed by atoms with Gasteiger partial charge in [-0.05, 0) is 0 Å². The molecule has 0 spiro atoms. The van der Waals surface area contributed by atoms with E-state index < -0.39 is 0 Å². The molecule has 2 nitrogen and oxygen atoms in total. The standard InChI is InChI=1S/C7H7BO2/c1-10-7-4-2-6(8-9)3-5-7/h2-5H,1H3. The van der Waals surface area contributed by atoms with Crippen LogP contribution in [0.1, 0.15) is 0 Å². The maximum absolute atomic E-state index is 10.2. The summed E-state index contributed by atoms with van der Waals surface area (Å²) in [4.78, 5) is 0. The van der Waals surface area contributed by atoms with Crippen LogP contribution in [-0.4, -0.2) is 14.3 Å². The number of rotatable bonds is 2. The Balaban J connectivity index is 2.90. The van der Waals surface area contributed by atoms with Gasteiger partial charge in [0, 0.05) is 0 Å². The summed E-state index contributed by atoms with van der Waals surface area (Å²) in [6.07, 6.45) is 0. The van der Waals surface area contributed by atoms with E-state index >= 15 is 0 Å². The molecule has 0 N–H and O–H groups in total. The minimum absolute atomic E-state index is 0.667. The van der Waals surface area contributed by atoms with E-state index in [1.807, 2.05) is 0 Å². The van der Waals surface area contributed by atoms with Crippen LogP contribution in [0.15, 0.2) is 24.3 Å². The van der Waals surface area contributed by atoms with E-state index in [9.17, 15) is 4.70 Å². The average molecular weight is 134 g/mol. The van der Waals surface area contributed by atoms with Crippen LogP contribution >= 0.6 is 0 Å². The van der Waals surface area contributed by atoms with Gasteiger partial charge in [0.1, 0.15) is 0 Å². The first-order valence-electron chi connectivity index (χ1n) is 2.96. The molecule has 0 atom stereocenters. The summed E-state index contributed by atoms with van der Waals surface area (Å²) in [6.45, 7) is 0. The fraction of sp³-hybridized carbons (Fsp3) is 0.143. The molecule has 0 heterocycles. The van der Waals surface area contributed by atoms with Crippen LogP contribution in [0, 0.1) is 0 Å². The third kappa shape index (κ3) is 1.44. The third-order valence-electron chi connectivity index (χ3n) is 1.25. The van der Waals surface area contributed by atoms with E-state index in [0.29, 0.717) is 5.46 Å². The van der Waals surface area contributed by atoms with Crippen molar-refractivity contribution in [1.82, 2.24) is 0 Å². The molecular formula is C7H7BO2. The molecule has 0 bridgehead atoms. The van der Waals surface area contributed by atoms with Crippen molar-refractivity contribution in [2.24, 2.45) is 0 Å². The first-order chi connectivity index (χ1) is 4.86. The van der Waals surface area contributed by atoms with Crippen molar-refractivity contribution in [2.45, 2.75) is 0 Å². The van der Waals surface area contributed by atoms with Gasteiger partial charge >= 0.3 is 59.2 Å². The summed E-state index contributed by atoms with van der Waals surface area (Å²) in [5.74, 6) is 0.769. The Kier molecular flexibility index (Phi) is 2.21. The molecule has 50 valence electrons. The van der Waals surface area contributed by atoms with Crippen molar-refractivity contribution in [3.63, 3.8) is 0 Å². The first kappa shape index (κ1) is 7.00. The Hall–Kier alpha value is -1.12. The normalized spacial score (nSPS) is 8.50. The summed E-state index contributed by atoms with van der Waals surface area (Å²) in [5.41, 5.74) is 0.667. The van der Waals surface area contributed by atoms with Gasteiger partial charge in [-0.3, -0.25) is 0 Å². The van der Waals surface area contributed by atoms with Gasteiger partial charge in [-0.25, -0.2) is 0 Å². The molecule has 0 saturated heterocycles. The second-order valence-corrected chi connectivity index (χ2v) is 1.89. The number of ether oxygens (including phenoxy) is 1. The Morgan fingerprint density at radius 2 is 1.90 bits per heavy atom. The predicted molar refractivity (Wildman–Crippen MR) is 39.1 cm³/mol. The molecule has 0 aliphatic carbocycles. The van der Waals surface area contributed by atoms with Crippen molar-refractivity contribution < 1.29 is 9.44 Å². The molecular weight excluding hydrogens is 127 g/mol. The van der Waals surface area contributed by atoms with Crippen molar-refractivity contribution in [3.05, 3.63) is 24.3 Å². The van der Waals surface area contributed by atoms with Gasteiger partial charge in [-0.2, -0.15) is 0 Å². The van der Waals surface area contributed by atoms with Crippen molar-refractivity contribution in [3.8, 4) is 5.75 Å². The van der Waals surface area contributed by atoms with Gasteiger partial charge < -0.3 is 0 Å². The summed E-state index contributed by atoms with van der Waals surface area (Å²) >= 11 is 0. The van der Waals surface area contributed by atoms with E-state index in [2.05, 4.69) is 0 Å². The van der Waals surface area contributed by atoms with E-state index in [4.69, 9.17) is 4.74 Å². The molecule has 0 saturated carbocycles. The minimum atomic E-state index is 0.667. The molecule has 1 rings (SSSR count). The molecule has 0 fully saturated rings. The molecule has 0 aliphatic heterocycles. The fourth-order valence-electron chi connectivity index (χ4n) is 0.682. The summed E-state index contributed by atoms with van der Waals surface area (Å²) in [7, 11) is 2.40. The number of benzene rings is 1. The molecule has 1 aromatic rings. The van der Waals surface area contributed by atoms with Crippen LogP contribution in [0.25, 0.3) is 0 Å². The van der Waals surface area contributed by atoms with E-state index in [1.165, 1.54) is 0 Å². The van der Waals surface area contributed by atoms with Crippen molar-refractivity contribution in [1.29, 1.82) is 0 Å². The molecule has 1 aromatic carbocycles. The molecule has 3 heteroatoms. The van der Waals surface area contributed by atoms with Gasteiger partial charge in [0.25, 0.3) is 0 Å². The van der Waals surface area contributed by atoms with Crippen LogP contribution in [0.2, 0.25) is 0 Å². The Labute approximate surface area is 60.1 Å². The second-order valence-electron chi connectivity index (χ2n) is 1.89. The number of hydrogen-bond donors (Lipinski definition) is 0. The predicted octanol–water partition coefficient (Wildman–Crippen LogP) is 0.370. The summed E-state index contributed by atoms with van der Waals surface area (Å²) < 4.78 is 15.1. The van der Waals surface area contributed by atoms with Crippen LogP contribution < -0.4 is 10.2 Å². The number of hydrogen-bond acceptors (Lipinski definition) is 2. The zero-order valence-corrected chi connectivity index (χ0v) is 5.70. The Morgan fingerprint density at radius 3 is 2.30 bits per heavy atom. The fourth-order valence-corrected chi connectivity index (χ4v) is 0.682. The summed E-state index contributed by atoms with van der Waals surface area (Å²) in [5, 5.41) is 0. The average Bonchev–Trinajstić information content (AvgIpc) is 2.05. The second kappa shape index (κ2) is 3.15. The van der Waals surface area contributed by atoms with Crippen LogP contribution in [0.5, 0.6) is 5.75 Å². The van der Waals surface area contributed by atoms with E-state index in [-0.39, 0.29) is 0 Å². The molecule has 0 aliphatic rings. The van der Waals surface area contributed by atoms with Gasteiger partial charge in [-0.1, -0.05) is 0 Å². The van der Waals surface area contributed by atoms with Crippen molar-refractivity contribution in [2.75, 3.05) is 7.11 Å². The van der Waals surface area contributed by atoms with Gasteiger partial charge in [0.05, 0.1) is 0 Å². The number of methoxy groups -OCH3 is 1. The zero-order valence-electron chi connectivity index (χ0n) is 5.70. The Morgan fingerprint density at radius 1 is 1.30 bits per heavy atom. The molecule has 0 amide bonds. The van der Waals surface area contributed by atoms with Gasteiger partial charge in [-0.15, -0.1) is 0 Å². The molecule has 10 heavy (non-hydrogen) atoms. The van der Waals surface area contributed by atoms with Crippen LogP contribution in [0.3, 0.4) is 0 Å². The SMILES string of the molecule is COc1ccc(B=O)cc1. The van der Waals surface area contributed by atoms with Crippen molar-refractivity contribution >= 4 is 12.6 Å². The van der Waals surface area contributed by atoms with Gasteiger partial charge in [0.2, 0.25) is 0 Å². The maximum atomic E-state index is 10.2. The molecule has 0 radical (unpaired) electrons. The first-order valence-corrected chi connectivity index (χ1v) is 2.96. The van der Waals surface area contributed by atoms with Crippen LogP contribution in [-0.2, 0) is 4.70 Å². The molecule has 0 aromatic heterocycles. The quantitative estimate of drug-likeness (QED) is 0.546. The van der Waals surface area contributed by atoms with Crippen LogP contribution in [0.4, 0.5) is 0 Å². The zero-order chi connectivity index (χ0) is 7.40. The van der Waals surface area contributed by atoms with E-state index in [0.717, 1.165) is 12.9 Å². The third-order valence-corrected chi connectivity index (χ3v) is 1.25.